The molecule has 0 saturated carbocycles. The monoisotopic (exact) mass is 297 g/mol. The maximum Gasteiger partial charge on any atom is 0.261 e. The number of benzene rings is 1. The number of hydrogen-bond donors (Lipinski definition) is 1. The molecular weight excluding hydrogens is 286 g/mol. The summed E-state index contributed by atoms with van der Waals surface area (Å²) in [5, 5.41) is 1.53. The number of halogens is 1. The van der Waals surface area contributed by atoms with Gasteiger partial charge in [0, 0.05) is 32.2 Å². The first-order chi connectivity index (χ1) is 8.88. The molecular formula is C13H12ClNO3S. The molecule has 0 radical (unpaired) electrons. The van der Waals surface area contributed by atoms with Gasteiger partial charge in [0.15, 0.2) is 5.43 Å². The zero-order chi connectivity index (χ0) is 14.2. The highest BCUT2D eigenvalue weighted by Gasteiger charge is 2.12. The molecule has 0 saturated heterocycles. The van der Waals surface area contributed by atoms with Gasteiger partial charge in [0.1, 0.15) is 0 Å². The highest BCUT2D eigenvalue weighted by Crippen LogP contribution is 2.17. The lowest BCUT2D eigenvalue weighted by Gasteiger charge is -2.01. The Morgan fingerprint density at radius 1 is 1.21 bits per heavy atom. The lowest BCUT2D eigenvalue weighted by molar-refractivity contribution is 0.609. The Bertz CT molecular complexity index is 927. The Balaban J connectivity index is 3.06. The van der Waals surface area contributed by atoms with E-state index in [0.29, 0.717) is 21.5 Å². The minimum atomic E-state index is -3.84. The second-order valence-electron chi connectivity index (χ2n) is 4.00. The van der Waals surface area contributed by atoms with Crippen LogP contribution in [0.5, 0.6) is 0 Å². The van der Waals surface area contributed by atoms with Crippen LogP contribution < -0.4 is 16.0 Å². The summed E-state index contributed by atoms with van der Waals surface area (Å²) in [6.45, 7) is 3.58. The van der Waals surface area contributed by atoms with Crippen molar-refractivity contribution >= 4 is 42.8 Å². The molecule has 0 atom stereocenters. The van der Waals surface area contributed by atoms with Crippen LogP contribution in [0, 0.1) is 0 Å². The molecule has 0 aliphatic carbocycles. The van der Waals surface area contributed by atoms with E-state index in [-0.39, 0.29) is 10.3 Å². The average molecular weight is 298 g/mol. The number of aromatic nitrogens is 1. The number of pyridine rings is 1. The fourth-order valence-corrected chi connectivity index (χ4v) is 2.74. The summed E-state index contributed by atoms with van der Waals surface area (Å²) < 4.78 is 22.6. The third-order valence-corrected chi connectivity index (χ3v) is 4.25. The van der Waals surface area contributed by atoms with Crippen molar-refractivity contribution in [1.29, 1.82) is 0 Å². The zero-order valence-electron chi connectivity index (χ0n) is 10.4. The standard InChI is InChI=1S/C13H12ClNO3S/c1-3-9-11(4-2)15-12-6-5-8(19(14,17)18)7-10(12)13(9)16/h3-7,15H,1-2H3/b9-3+,11-4+. The first kappa shape index (κ1) is 13.8. The summed E-state index contributed by atoms with van der Waals surface area (Å²) in [7, 11) is 1.44. The first-order valence-electron chi connectivity index (χ1n) is 5.62. The lowest BCUT2D eigenvalue weighted by Crippen LogP contribution is -2.40. The molecule has 0 amide bonds. The average Bonchev–Trinajstić information content (AvgIpc) is 2.37. The fraction of sp³-hybridized carbons (Fsp3) is 0.154. The Morgan fingerprint density at radius 2 is 1.89 bits per heavy atom. The van der Waals surface area contributed by atoms with E-state index < -0.39 is 9.05 Å². The fourth-order valence-electron chi connectivity index (χ4n) is 1.97. The molecule has 4 nitrogen and oxygen atoms in total. The van der Waals surface area contributed by atoms with Crippen LogP contribution in [0.25, 0.3) is 23.1 Å². The highest BCUT2D eigenvalue weighted by molar-refractivity contribution is 8.13. The smallest absolute Gasteiger partial charge is 0.261 e. The van der Waals surface area contributed by atoms with Crippen molar-refractivity contribution in [1.82, 2.24) is 4.98 Å². The van der Waals surface area contributed by atoms with Crippen molar-refractivity contribution in [2.45, 2.75) is 18.7 Å². The molecule has 0 fully saturated rings. The molecule has 1 N–H and O–H groups in total. The second-order valence-corrected chi connectivity index (χ2v) is 6.57. The molecule has 1 aromatic heterocycles. The Morgan fingerprint density at radius 3 is 2.42 bits per heavy atom. The van der Waals surface area contributed by atoms with Crippen molar-refractivity contribution in [3.05, 3.63) is 39.0 Å². The molecule has 6 heteroatoms. The van der Waals surface area contributed by atoms with Gasteiger partial charge >= 0.3 is 0 Å². The van der Waals surface area contributed by atoms with Crippen molar-refractivity contribution < 1.29 is 8.42 Å². The molecule has 0 bridgehead atoms. The van der Waals surface area contributed by atoms with E-state index in [0.717, 1.165) is 0 Å². The van der Waals surface area contributed by atoms with Crippen LogP contribution in [0.15, 0.2) is 27.9 Å². The number of fused-ring (bicyclic) bond motifs is 1. The van der Waals surface area contributed by atoms with Gasteiger partial charge in [-0.3, -0.25) is 4.79 Å². The zero-order valence-corrected chi connectivity index (χ0v) is 12.0. The SMILES string of the molecule is C/C=c1/[nH]c2ccc(S(=O)(=O)Cl)cc2c(=O)/c1=C/C. The maximum atomic E-state index is 12.3. The summed E-state index contributed by atoms with van der Waals surface area (Å²) >= 11 is 0. The van der Waals surface area contributed by atoms with Crippen LogP contribution in [0.4, 0.5) is 0 Å². The van der Waals surface area contributed by atoms with Gasteiger partial charge in [0.25, 0.3) is 9.05 Å². The van der Waals surface area contributed by atoms with Gasteiger partial charge in [-0.2, -0.15) is 0 Å². The molecule has 100 valence electrons. The van der Waals surface area contributed by atoms with Crippen LogP contribution in [-0.4, -0.2) is 13.4 Å². The van der Waals surface area contributed by atoms with E-state index in [1.807, 2.05) is 6.92 Å². The Kier molecular flexibility index (Phi) is 3.52. The molecule has 1 aromatic carbocycles. The van der Waals surface area contributed by atoms with Crippen molar-refractivity contribution in [3.63, 3.8) is 0 Å². The van der Waals surface area contributed by atoms with Crippen LogP contribution in [0.3, 0.4) is 0 Å². The third kappa shape index (κ3) is 2.43. The van der Waals surface area contributed by atoms with E-state index in [9.17, 15) is 13.2 Å². The normalized spacial score (nSPS) is 14.3. The van der Waals surface area contributed by atoms with Crippen molar-refractivity contribution in [3.8, 4) is 0 Å². The van der Waals surface area contributed by atoms with Gasteiger partial charge in [0.05, 0.1) is 4.90 Å². The molecule has 0 aliphatic heterocycles. The van der Waals surface area contributed by atoms with E-state index in [1.165, 1.54) is 12.1 Å². The van der Waals surface area contributed by atoms with Crippen molar-refractivity contribution in [2.75, 3.05) is 0 Å². The molecule has 0 unspecified atom stereocenters. The second kappa shape index (κ2) is 4.83. The van der Waals surface area contributed by atoms with Crippen LogP contribution >= 0.6 is 10.7 Å². The van der Waals surface area contributed by atoms with Crippen LogP contribution in [-0.2, 0) is 9.05 Å². The van der Waals surface area contributed by atoms with Gasteiger partial charge in [0.2, 0.25) is 0 Å². The predicted molar refractivity (Wildman–Crippen MR) is 77.1 cm³/mol. The molecule has 0 aliphatic rings. The predicted octanol–water partition coefficient (Wildman–Crippen LogP) is 1.06. The number of nitrogens with one attached hydrogen (secondary N) is 1. The van der Waals surface area contributed by atoms with Crippen molar-refractivity contribution in [2.24, 2.45) is 0 Å². The van der Waals surface area contributed by atoms with E-state index in [2.05, 4.69) is 4.98 Å². The third-order valence-electron chi connectivity index (χ3n) is 2.90. The summed E-state index contributed by atoms with van der Waals surface area (Å²) in [4.78, 5) is 15.3. The molecule has 2 aromatic rings. The maximum absolute atomic E-state index is 12.3. The summed E-state index contributed by atoms with van der Waals surface area (Å²) in [5.41, 5.74) is 0.360. The minimum absolute atomic E-state index is 0.0811. The van der Waals surface area contributed by atoms with Gasteiger partial charge in [-0.05, 0) is 32.0 Å². The van der Waals surface area contributed by atoms with Gasteiger partial charge < -0.3 is 4.98 Å². The summed E-state index contributed by atoms with van der Waals surface area (Å²) in [6.07, 6.45) is 3.48. The molecule has 2 rings (SSSR count). The van der Waals surface area contributed by atoms with E-state index in [4.69, 9.17) is 10.7 Å². The number of hydrogen-bond acceptors (Lipinski definition) is 3. The lowest BCUT2D eigenvalue weighted by atomic mass is 10.1. The molecule has 19 heavy (non-hydrogen) atoms. The summed E-state index contributed by atoms with van der Waals surface area (Å²) in [6, 6.07) is 4.21. The molecule has 0 spiro atoms. The minimum Gasteiger partial charge on any atom is -0.355 e. The number of rotatable bonds is 1. The largest absolute Gasteiger partial charge is 0.355 e. The van der Waals surface area contributed by atoms with E-state index in [1.54, 1.807) is 25.1 Å². The Labute approximate surface area is 114 Å². The topological polar surface area (TPSA) is 67.0 Å². The van der Waals surface area contributed by atoms with Gasteiger partial charge in [-0.25, -0.2) is 8.42 Å². The first-order valence-corrected chi connectivity index (χ1v) is 7.93. The Hall–Kier alpha value is -1.59. The van der Waals surface area contributed by atoms with Crippen LogP contribution in [0.2, 0.25) is 0 Å². The highest BCUT2D eigenvalue weighted by atomic mass is 35.7. The van der Waals surface area contributed by atoms with Gasteiger partial charge in [-0.15, -0.1) is 0 Å². The quantitative estimate of drug-likeness (QED) is 0.800. The number of H-pyrrole nitrogens is 1. The van der Waals surface area contributed by atoms with Crippen LogP contribution in [0.1, 0.15) is 13.8 Å². The number of aromatic amines is 1. The summed E-state index contributed by atoms with van der Waals surface area (Å²) in [5.74, 6) is 0. The molecule has 1 heterocycles. The van der Waals surface area contributed by atoms with Gasteiger partial charge in [-0.1, -0.05) is 12.2 Å². The van der Waals surface area contributed by atoms with E-state index >= 15 is 0 Å².